The molecule has 0 radical (unpaired) electrons. The molecule has 3 heteroatoms. The predicted octanol–water partition coefficient (Wildman–Crippen LogP) is 5.29. The van der Waals surface area contributed by atoms with Crippen molar-refractivity contribution in [2.45, 2.75) is 0 Å². The molecule has 0 spiro atoms. The van der Waals surface area contributed by atoms with Crippen LogP contribution in [0.1, 0.15) is 0 Å². The third kappa shape index (κ3) is 2.36. The van der Waals surface area contributed by atoms with Crippen molar-refractivity contribution in [2.24, 2.45) is 0 Å². The zero-order valence-corrected chi connectivity index (χ0v) is 12.6. The van der Waals surface area contributed by atoms with E-state index < -0.39 is 6.16 Å². The van der Waals surface area contributed by atoms with Gasteiger partial charge in [0.05, 0.1) is 7.11 Å². The van der Waals surface area contributed by atoms with Gasteiger partial charge in [-0.1, -0.05) is 36.4 Å². The van der Waals surface area contributed by atoms with E-state index in [-0.39, 0.29) is 0 Å². The lowest BCUT2D eigenvalue weighted by Crippen LogP contribution is -2.07. The van der Waals surface area contributed by atoms with E-state index in [1.165, 1.54) is 17.9 Å². The summed E-state index contributed by atoms with van der Waals surface area (Å²) in [5, 5.41) is 6.57. The van der Waals surface area contributed by atoms with Crippen molar-refractivity contribution >= 4 is 38.5 Å². The van der Waals surface area contributed by atoms with E-state index in [9.17, 15) is 4.79 Å². The van der Waals surface area contributed by atoms with Crippen LogP contribution in [-0.4, -0.2) is 13.3 Å². The maximum absolute atomic E-state index is 11.4. The molecule has 3 nitrogen and oxygen atoms in total. The molecule has 0 aliphatic rings. The lowest BCUT2D eigenvalue weighted by atomic mass is 9.99. The van der Waals surface area contributed by atoms with Crippen LogP contribution in [0.2, 0.25) is 0 Å². The van der Waals surface area contributed by atoms with E-state index in [1.54, 1.807) is 6.07 Å². The highest BCUT2D eigenvalue weighted by molar-refractivity contribution is 6.06. The Morgan fingerprint density at radius 3 is 2.04 bits per heavy atom. The van der Waals surface area contributed by atoms with E-state index >= 15 is 0 Å². The Balaban J connectivity index is 1.99. The molecule has 4 aromatic carbocycles. The standard InChI is InChI=1S/C20H14O3/c1-22-20(21)23-19-8-4-7-15-11-16-9-13-5-2-3-6-14(13)10-17(16)12-18(15)19/h2-12H,1H3. The molecule has 0 aromatic heterocycles. The lowest BCUT2D eigenvalue weighted by molar-refractivity contribution is 0.122. The van der Waals surface area contributed by atoms with Crippen molar-refractivity contribution in [3.05, 3.63) is 66.7 Å². The van der Waals surface area contributed by atoms with Crippen LogP contribution < -0.4 is 4.74 Å². The van der Waals surface area contributed by atoms with Gasteiger partial charge in [0.2, 0.25) is 0 Å². The third-order valence-electron chi connectivity index (χ3n) is 4.02. The van der Waals surface area contributed by atoms with Crippen molar-refractivity contribution in [3.63, 3.8) is 0 Å². The molecular formula is C20H14O3. The number of ether oxygens (including phenoxy) is 2. The average molecular weight is 302 g/mol. The number of benzene rings is 4. The summed E-state index contributed by atoms with van der Waals surface area (Å²) in [5.74, 6) is 0.504. The van der Waals surface area contributed by atoms with Crippen LogP contribution in [0.15, 0.2) is 66.7 Å². The minimum atomic E-state index is -0.712. The molecule has 4 aromatic rings. The molecule has 112 valence electrons. The van der Waals surface area contributed by atoms with Crippen LogP contribution in [0.25, 0.3) is 32.3 Å². The Hall–Kier alpha value is -3.07. The molecule has 0 saturated carbocycles. The Morgan fingerprint density at radius 2 is 1.35 bits per heavy atom. The van der Waals surface area contributed by atoms with Gasteiger partial charge in [0.1, 0.15) is 5.75 Å². The van der Waals surface area contributed by atoms with Crippen LogP contribution >= 0.6 is 0 Å². The molecule has 23 heavy (non-hydrogen) atoms. The smallest absolute Gasteiger partial charge is 0.437 e. The van der Waals surface area contributed by atoms with Gasteiger partial charge in [-0.15, -0.1) is 0 Å². The molecule has 4 rings (SSSR count). The van der Waals surface area contributed by atoms with Crippen molar-refractivity contribution in [2.75, 3.05) is 7.11 Å². The first-order chi connectivity index (χ1) is 11.2. The lowest BCUT2D eigenvalue weighted by Gasteiger charge is -2.09. The van der Waals surface area contributed by atoms with Gasteiger partial charge in [-0.25, -0.2) is 4.79 Å². The van der Waals surface area contributed by atoms with Crippen molar-refractivity contribution < 1.29 is 14.3 Å². The SMILES string of the molecule is COC(=O)Oc1cccc2cc3cc4ccccc4cc3cc12. The quantitative estimate of drug-likeness (QED) is 0.272. The second-order valence-corrected chi connectivity index (χ2v) is 5.43. The van der Waals surface area contributed by atoms with Gasteiger partial charge in [0, 0.05) is 5.39 Å². The number of carbonyl (C=O) groups excluding carboxylic acids is 1. The maximum Gasteiger partial charge on any atom is 0.513 e. The highest BCUT2D eigenvalue weighted by Gasteiger charge is 2.09. The molecule has 0 N–H and O–H groups in total. The fourth-order valence-corrected chi connectivity index (χ4v) is 2.91. The van der Waals surface area contributed by atoms with Crippen LogP contribution in [0.5, 0.6) is 5.75 Å². The van der Waals surface area contributed by atoms with E-state index in [0.29, 0.717) is 5.75 Å². The Labute approximate surface area is 133 Å². The van der Waals surface area contributed by atoms with Gasteiger partial charge in [0.15, 0.2) is 0 Å². The fraction of sp³-hybridized carbons (Fsp3) is 0.0500. The van der Waals surface area contributed by atoms with Gasteiger partial charge >= 0.3 is 6.16 Å². The number of hydrogen-bond acceptors (Lipinski definition) is 3. The summed E-state index contributed by atoms with van der Waals surface area (Å²) in [6, 6.07) is 22.4. The Kier molecular flexibility index (Phi) is 3.12. The molecule has 0 amide bonds. The van der Waals surface area contributed by atoms with Crippen molar-refractivity contribution in [3.8, 4) is 5.75 Å². The van der Waals surface area contributed by atoms with Crippen LogP contribution in [-0.2, 0) is 4.74 Å². The average Bonchev–Trinajstić information content (AvgIpc) is 2.58. The summed E-state index contributed by atoms with van der Waals surface area (Å²) in [6.45, 7) is 0. The highest BCUT2D eigenvalue weighted by Crippen LogP contribution is 2.32. The third-order valence-corrected chi connectivity index (χ3v) is 4.02. The van der Waals surface area contributed by atoms with E-state index in [2.05, 4.69) is 41.1 Å². The number of carbonyl (C=O) groups is 1. The summed E-state index contributed by atoms with van der Waals surface area (Å²) in [4.78, 5) is 11.4. The summed E-state index contributed by atoms with van der Waals surface area (Å²) in [7, 11) is 1.30. The molecule has 0 fully saturated rings. The Bertz CT molecular complexity index is 1050. The molecular weight excluding hydrogens is 288 g/mol. The van der Waals surface area contributed by atoms with E-state index in [0.717, 1.165) is 21.5 Å². The molecule has 0 saturated heterocycles. The number of fused-ring (bicyclic) bond motifs is 3. The normalized spacial score (nSPS) is 11.0. The molecule has 0 aliphatic carbocycles. The van der Waals surface area contributed by atoms with Gasteiger partial charge in [-0.2, -0.15) is 0 Å². The van der Waals surface area contributed by atoms with Crippen molar-refractivity contribution in [1.29, 1.82) is 0 Å². The molecule has 0 bridgehead atoms. The maximum atomic E-state index is 11.4. The summed E-state index contributed by atoms with van der Waals surface area (Å²) in [5.41, 5.74) is 0. The number of methoxy groups -OCH3 is 1. The first-order valence-corrected chi connectivity index (χ1v) is 7.36. The largest absolute Gasteiger partial charge is 0.513 e. The number of hydrogen-bond donors (Lipinski definition) is 0. The van der Waals surface area contributed by atoms with Gasteiger partial charge in [-0.05, 0) is 57.3 Å². The fourth-order valence-electron chi connectivity index (χ4n) is 2.91. The highest BCUT2D eigenvalue weighted by atomic mass is 16.7. The van der Waals surface area contributed by atoms with Gasteiger partial charge < -0.3 is 9.47 Å². The second-order valence-electron chi connectivity index (χ2n) is 5.43. The predicted molar refractivity (Wildman–Crippen MR) is 92.0 cm³/mol. The summed E-state index contributed by atoms with van der Waals surface area (Å²) in [6.07, 6.45) is -0.712. The van der Waals surface area contributed by atoms with Crippen molar-refractivity contribution in [1.82, 2.24) is 0 Å². The first kappa shape index (κ1) is 13.6. The number of rotatable bonds is 1. The molecule has 0 unspecified atom stereocenters. The first-order valence-electron chi connectivity index (χ1n) is 7.36. The molecule has 0 heterocycles. The zero-order chi connectivity index (χ0) is 15.8. The minimum Gasteiger partial charge on any atom is -0.437 e. The van der Waals surface area contributed by atoms with Crippen LogP contribution in [0.3, 0.4) is 0 Å². The molecule has 0 aliphatic heterocycles. The van der Waals surface area contributed by atoms with Gasteiger partial charge in [0.25, 0.3) is 0 Å². The van der Waals surface area contributed by atoms with E-state index in [1.807, 2.05) is 24.3 Å². The van der Waals surface area contributed by atoms with Crippen LogP contribution in [0.4, 0.5) is 4.79 Å². The van der Waals surface area contributed by atoms with Gasteiger partial charge in [-0.3, -0.25) is 0 Å². The summed E-state index contributed by atoms with van der Waals surface area (Å²) < 4.78 is 9.84. The monoisotopic (exact) mass is 302 g/mol. The second kappa shape index (κ2) is 5.29. The summed E-state index contributed by atoms with van der Waals surface area (Å²) >= 11 is 0. The van der Waals surface area contributed by atoms with Crippen LogP contribution in [0, 0.1) is 0 Å². The van der Waals surface area contributed by atoms with E-state index in [4.69, 9.17) is 4.74 Å². The zero-order valence-electron chi connectivity index (χ0n) is 12.6. The topological polar surface area (TPSA) is 35.5 Å². The minimum absolute atomic E-state index is 0.504. The molecule has 0 atom stereocenters. The Morgan fingerprint density at radius 1 is 0.739 bits per heavy atom.